The van der Waals surface area contributed by atoms with E-state index in [-0.39, 0.29) is 10.9 Å². The summed E-state index contributed by atoms with van der Waals surface area (Å²) in [6, 6.07) is 33.3. The van der Waals surface area contributed by atoms with Crippen LogP contribution in [0, 0.1) is 0 Å². The Labute approximate surface area is 213 Å². The van der Waals surface area contributed by atoms with Crippen molar-refractivity contribution in [3.63, 3.8) is 0 Å². The van der Waals surface area contributed by atoms with Crippen LogP contribution in [0.3, 0.4) is 0 Å². The number of rotatable bonds is 1. The van der Waals surface area contributed by atoms with E-state index in [1.165, 1.54) is 10.8 Å². The van der Waals surface area contributed by atoms with Gasteiger partial charge >= 0.3 is 0 Å². The predicted octanol–water partition coefficient (Wildman–Crippen LogP) is 7.77. The Morgan fingerprint density at radius 2 is 1.16 bits per heavy atom. The van der Waals surface area contributed by atoms with Crippen LogP contribution in [0.4, 0.5) is 0 Å². The van der Waals surface area contributed by atoms with Crippen LogP contribution in [-0.2, 0) is 0 Å². The third-order valence-electron chi connectivity index (χ3n) is 7.19. The van der Waals surface area contributed by atoms with E-state index in [1.807, 2.05) is 42.5 Å². The molecule has 0 amide bonds. The molecule has 0 aliphatic rings. The average Bonchev–Trinajstić information content (AvgIpc) is 3.27. The summed E-state index contributed by atoms with van der Waals surface area (Å²) in [4.78, 5) is 27.0. The summed E-state index contributed by atoms with van der Waals surface area (Å²) < 4.78 is 10.0. The first-order chi connectivity index (χ1) is 18.2. The second-order valence-electron chi connectivity index (χ2n) is 9.23. The molecular formula is C32H17NO3S. The number of benzene rings is 5. The molecule has 0 N–H and O–H groups in total. The van der Waals surface area contributed by atoms with E-state index in [1.54, 1.807) is 29.5 Å². The smallest absolute Gasteiger partial charge is 0.200 e. The second-order valence-corrected chi connectivity index (χ2v) is 10.3. The van der Waals surface area contributed by atoms with Crippen molar-refractivity contribution in [1.82, 2.24) is 4.57 Å². The van der Waals surface area contributed by atoms with Crippen molar-refractivity contribution in [3.05, 3.63) is 124 Å². The lowest BCUT2D eigenvalue weighted by molar-refractivity contribution is 0.660. The Morgan fingerprint density at radius 1 is 0.541 bits per heavy atom. The van der Waals surface area contributed by atoms with Crippen molar-refractivity contribution in [2.24, 2.45) is 0 Å². The Hall–Kier alpha value is -4.74. The van der Waals surface area contributed by atoms with E-state index in [0.29, 0.717) is 32.7 Å². The number of nitrogens with zero attached hydrogens (tertiary/aromatic N) is 1. The highest BCUT2D eigenvalue weighted by molar-refractivity contribution is 7.25. The maximum Gasteiger partial charge on any atom is 0.200 e. The number of hydrogen-bond acceptors (Lipinski definition) is 4. The summed E-state index contributed by atoms with van der Waals surface area (Å²) >= 11 is 1.55. The van der Waals surface area contributed by atoms with Gasteiger partial charge in [-0.2, -0.15) is 0 Å². The largest absolute Gasteiger partial charge is 0.456 e. The maximum atomic E-state index is 13.8. The molecule has 0 fully saturated rings. The van der Waals surface area contributed by atoms with Crippen molar-refractivity contribution in [3.8, 4) is 5.69 Å². The zero-order valence-corrected chi connectivity index (χ0v) is 20.2. The topological polar surface area (TPSA) is 52.2 Å². The summed E-state index contributed by atoms with van der Waals surface area (Å²) in [6.07, 6.45) is 0. The molecule has 8 aromatic rings. The Bertz CT molecular complexity index is 2300. The normalized spacial score (nSPS) is 12.0. The Balaban J connectivity index is 1.52. The molecule has 8 rings (SSSR count). The molecule has 0 aliphatic carbocycles. The van der Waals surface area contributed by atoms with Gasteiger partial charge in [0.2, 0.25) is 5.43 Å². The van der Waals surface area contributed by atoms with Gasteiger partial charge in [-0.3, -0.25) is 9.59 Å². The Morgan fingerprint density at radius 3 is 1.92 bits per heavy atom. The summed E-state index contributed by atoms with van der Waals surface area (Å²) in [6.45, 7) is 0. The Kier molecular flexibility index (Phi) is 4.08. The zero-order valence-electron chi connectivity index (χ0n) is 19.4. The minimum absolute atomic E-state index is 0.0826. The van der Waals surface area contributed by atoms with E-state index < -0.39 is 0 Å². The van der Waals surface area contributed by atoms with Gasteiger partial charge < -0.3 is 8.98 Å². The van der Waals surface area contributed by atoms with Gasteiger partial charge in [0.15, 0.2) is 5.43 Å². The third kappa shape index (κ3) is 2.77. The predicted molar refractivity (Wildman–Crippen MR) is 153 cm³/mol. The minimum Gasteiger partial charge on any atom is -0.456 e. The molecule has 0 radical (unpaired) electrons. The highest BCUT2D eigenvalue weighted by atomic mass is 32.1. The average molecular weight is 496 g/mol. The molecule has 3 heterocycles. The molecule has 174 valence electrons. The van der Waals surface area contributed by atoms with Gasteiger partial charge in [0.05, 0.1) is 32.2 Å². The van der Waals surface area contributed by atoms with Crippen LogP contribution in [-0.4, -0.2) is 4.57 Å². The van der Waals surface area contributed by atoms with Gasteiger partial charge in [0.1, 0.15) is 11.2 Å². The number of aromatic nitrogens is 1. The van der Waals surface area contributed by atoms with Crippen molar-refractivity contribution in [1.29, 1.82) is 0 Å². The summed E-state index contributed by atoms with van der Waals surface area (Å²) in [5, 5.41) is 4.45. The molecule has 5 aromatic carbocycles. The molecule has 0 unspecified atom stereocenters. The maximum absolute atomic E-state index is 13.8. The molecule has 4 nitrogen and oxygen atoms in total. The highest BCUT2D eigenvalue weighted by Gasteiger charge is 2.17. The zero-order chi connectivity index (χ0) is 24.7. The first kappa shape index (κ1) is 20.5. The molecule has 0 atom stereocenters. The lowest BCUT2D eigenvalue weighted by Gasteiger charge is -2.12. The van der Waals surface area contributed by atoms with Crippen LogP contribution in [0.15, 0.2) is 117 Å². The fraction of sp³-hybridized carbons (Fsp3) is 0. The molecule has 37 heavy (non-hydrogen) atoms. The van der Waals surface area contributed by atoms with Crippen molar-refractivity contribution in [2.75, 3.05) is 0 Å². The van der Waals surface area contributed by atoms with Gasteiger partial charge in [0, 0.05) is 26.2 Å². The molecule has 5 heteroatoms. The molecule has 0 saturated heterocycles. The number of fused-ring (bicyclic) bond motifs is 7. The van der Waals surface area contributed by atoms with Crippen LogP contribution in [0.2, 0.25) is 0 Å². The molecule has 0 spiro atoms. The van der Waals surface area contributed by atoms with Gasteiger partial charge in [0.25, 0.3) is 0 Å². The van der Waals surface area contributed by atoms with E-state index in [4.69, 9.17) is 4.42 Å². The SMILES string of the molecule is O=c1c2ccccc2oc2cc3sc4c(-n5c6ccccc6c6ccccc65)cccc4c(=O)c3cc12. The standard InChI is InChI=1S/C32H17NO3S/c34-30-20-10-3-6-15-27(20)36-28-17-29-23(16-22(28)30)31(35)21-11-7-14-26(32(21)37-29)33-24-12-4-1-8-18(24)19-9-2-5-13-25(19)33/h1-17H. The van der Waals surface area contributed by atoms with Crippen LogP contribution in [0.25, 0.3) is 69.6 Å². The van der Waals surface area contributed by atoms with Crippen LogP contribution in [0.1, 0.15) is 0 Å². The quantitative estimate of drug-likeness (QED) is 0.219. The number of para-hydroxylation sites is 3. The van der Waals surface area contributed by atoms with Gasteiger partial charge in [-0.05, 0) is 48.5 Å². The molecular weight excluding hydrogens is 478 g/mol. The molecule has 0 aliphatic heterocycles. The monoisotopic (exact) mass is 495 g/mol. The van der Waals surface area contributed by atoms with Gasteiger partial charge in [-0.1, -0.05) is 54.6 Å². The highest BCUT2D eigenvalue weighted by Crippen LogP contribution is 2.37. The number of hydrogen-bond donors (Lipinski definition) is 0. The lowest BCUT2D eigenvalue weighted by atomic mass is 10.1. The minimum atomic E-state index is -0.123. The molecule has 3 aromatic heterocycles. The fourth-order valence-electron chi connectivity index (χ4n) is 5.52. The fourth-order valence-corrected chi connectivity index (χ4v) is 6.70. The van der Waals surface area contributed by atoms with Crippen molar-refractivity contribution < 1.29 is 4.42 Å². The van der Waals surface area contributed by atoms with E-state index in [9.17, 15) is 9.59 Å². The molecule has 0 bridgehead atoms. The third-order valence-corrected chi connectivity index (χ3v) is 8.39. The first-order valence-corrected chi connectivity index (χ1v) is 12.8. The van der Waals surface area contributed by atoms with E-state index in [2.05, 4.69) is 47.0 Å². The molecule has 0 saturated carbocycles. The van der Waals surface area contributed by atoms with Crippen molar-refractivity contribution in [2.45, 2.75) is 0 Å². The van der Waals surface area contributed by atoms with Crippen LogP contribution >= 0.6 is 11.3 Å². The van der Waals surface area contributed by atoms with Gasteiger partial charge in [-0.25, -0.2) is 0 Å². The summed E-state index contributed by atoms with van der Waals surface area (Å²) in [5.41, 5.74) is 3.96. The van der Waals surface area contributed by atoms with Crippen LogP contribution < -0.4 is 10.9 Å². The van der Waals surface area contributed by atoms with Gasteiger partial charge in [-0.15, -0.1) is 11.3 Å². The van der Waals surface area contributed by atoms with Crippen LogP contribution in [0.5, 0.6) is 0 Å². The summed E-state index contributed by atoms with van der Waals surface area (Å²) in [7, 11) is 0. The lowest BCUT2D eigenvalue weighted by Crippen LogP contribution is -2.06. The first-order valence-electron chi connectivity index (χ1n) is 12.0. The summed E-state index contributed by atoms with van der Waals surface area (Å²) in [5.74, 6) is 0. The second kappa shape index (κ2) is 7.38. The van der Waals surface area contributed by atoms with E-state index in [0.717, 1.165) is 26.1 Å². The van der Waals surface area contributed by atoms with E-state index >= 15 is 0 Å². The van der Waals surface area contributed by atoms with Crippen molar-refractivity contribution >= 4 is 75.3 Å².